The average molecular weight is 386 g/mol. The van der Waals surface area contributed by atoms with Crippen LogP contribution in [0.1, 0.15) is 28.7 Å². The van der Waals surface area contributed by atoms with Crippen molar-refractivity contribution < 1.29 is 18.0 Å². The molecule has 0 atom stereocenters. The third-order valence-electron chi connectivity index (χ3n) is 4.16. The summed E-state index contributed by atoms with van der Waals surface area (Å²) >= 11 is 0. The molecule has 0 unspecified atom stereocenters. The molecule has 8 heteroatoms. The van der Waals surface area contributed by atoms with E-state index in [0.29, 0.717) is 11.3 Å². The van der Waals surface area contributed by atoms with Crippen LogP contribution in [0.15, 0.2) is 55.1 Å². The van der Waals surface area contributed by atoms with Gasteiger partial charge in [0.25, 0.3) is 5.92 Å². The summed E-state index contributed by atoms with van der Waals surface area (Å²) in [6.45, 7) is 0.721. The SMILES string of the molecule is CN(c1cncnc1)c1cc(CC(=O)c2cccc(C(C)(F)F)n2)ccc1F. The molecule has 0 bridgehead atoms. The molecule has 2 heterocycles. The second kappa shape index (κ2) is 7.75. The van der Waals surface area contributed by atoms with Crippen LogP contribution in [0, 0.1) is 5.82 Å². The van der Waals surface area contributed by atoms with Crippen LogP contribution in [0.3, 0.4) is 0 Å². The van der Waals surface area contributed by atoms with Gasteiger partial charge >= 0.3 is 0 Å². The number of ketones is 1. The van der Waals surface area contributed by atoms with E-state index in [2.05, 4.69) is 15.0 Å². The summed E-state index contributed by atoms with van der Waals surface area (Å²) in [5, 5.41) is 0. The smallest absolute Gasteiger partial charge is 0.286 e. The molecule has 5 nitrogen and oxygen atoms in total. The molecule has 0 amide bonds. The lowest BCUT2D eigenvalue weighted by Crippen LogP contribution is -2.15. The van der Waals surface area contributed by atoms with Crippen LogP contribution in [0.2, 0.25) is 0 Å². The lowest BCUT2D eigenvalue weighted by molar-refractivity contribution is 0.0126. The van der Waals surface area contributed by atoms with Gasteiger partial charge in [0.1, 0.15) is 23.5 Å². The van der Waals surface area contributed by atoms with Crippen molar-refractivity contribution in [2.24, 2.45) is 0 Å². The Hall–Kier alpha value is -3.29. The highest BCUT2D eigenvalue weighted by molar-refractivity contribution is 5.96. The highest BCUT2D eigenvalue weighted by atomic mass is 19.3. The van der Waals surface area contributed by atoms with Crippen molar-refractivity contribution in [3.63, 3.8) is 0 Å². The second-order valence-electron chi connectivity index (χ2n) is 6.34. The Bertz CT molecular complexity index is 990. The summed E-state index contributed by atoms with van der Waals surface area (Å²) in [4.78, 5) is 25.6. The summed E-state index contributed by atoms with van der Waals surface area (Å²) < 4.78 is 41.2. The Balaban J connectivity index is 1.85. The van der Waals surface area contributed by atoms with Gasteiger partial charge in [-0.3, -0.25) is 4.79 Å². The van der Waals surface area contributed by atoms with E-state index < -0.39 is 23.2 Å². The number of Topliss-reactive ketones (excluding diaryl/α,β-unsaturated/α-hetero) is 1. The van der Waals surface area contributed by atoms with Crippen molar-refractivity contribution in [3.05, 3.63) is 77.9 Å². The molecule has 0 aliphatic rings. The average Bonchev–Trinajstić information content (AvgIpc) is 2.69. The van der Waals surface area contributed by atoms with Gasteiger partial charge in [-0.25, -0.2) is 19.3 Å². The summed E-state index contributed by atoms with van der Waals surface area (Å²) in [7, 11) is 1.65. The third kappa shape index (κ3) is 4.33. The Labute approximate surface area is 159 Å². The van der Waals surface area contributed by atoms with E-state index >= 15 is 0 Å². The zero-order valence-electron chi connectivity index (χ0n) is 15.2. The van der Waals surface area contributed by atoms with Crippen molar-refractivity contribution in [2.45, 2.75) is 19.3 Å². The van der Waals surface area contributed by atoms with Gasteiger partial charge in [0, 0.05) is 20.4 Å². The van der Waals surface area contributed by atoms with E-state index in [0.717, 1.165) is 6.92 Å². The zero-order valence-corrected chi connectivity index (χ0v) is 15.2. The quantitative estimate of drug-likeness (QED) is 0.591. The predicted molar refractivity (Wildman–Crippen MR) is 98.3 cm³/mol. The van der Waals surface area contributed by atoms with Gasteiger partial charge in [0.2, 0.25) is 0 Å². The van der Waals surface area contributed by atoms with Gasteiger partial charge in [-0.15, -0.1) is 0 Å². The van der Waals surface area contributed by atoms with Gasteiger partial charge < -0.3 is 4.90 Å². The molecule has 0 saturated carbocycles. The van der Waals surface area contributed by atoms with Crippen molar-refractivity contribution in [2.75, 3.05) is 11.9 Å². The minimum Gasteiger partial charge on any atom is -0.340 e. The number of rotatable bonds is 6. The molecule has 28 heavy (non-hydrogen) atoms. The monoisotopic (exact) mass is 386 g/mol. The first-order valence-corrected chi connectivity index (χ1v) is 8.41. The molecule has 0 fully saturated rings. The summed E-state index contributed by atoms with van der Waals surface area (Å²) in [6, 6.07) is 8.18. The van der Waals surface area contributed by atoms with Crippen molar-refractivity contribution >= 4 is 17.2 Å². The number of hydrogen-bond acceptors (Lipinski definition) is 5. The highest BCUT2D eigenvalue weighted by Gasteiger charge is 2.27. The largest absolute Gasteiger partial charge is 0.340 e. The molecule has 3 rings (SSSR count). The van der Waals surface area contributed by atoms with Gasteiger partial charge in [0.15, 0.2) is 5.78 Å². The maximum atomic E-state index is 14.3. The first kappa shape index (κ1) is 19.5. The standard InChI is InChI=1S/C20H17F3N4O/c1-20(22,23)19-5-3-4-16(26-19)18(28)9-13-6-7-15(21)17(8-13)27(2)14-10-24-12-25-11-14/h3-8,10-12H,9H2,1-2H3. The van der Waals surface area contributed by atoms with Crippen LogP contribution < -0.4 is 4.90 Å². The Morgan fingerprint density at radius 2 is 1.86 bits per heavy atom. The van der Waals surface area contributed by atoms with Gasteiger partial charge in [-0.1, -0.05) is 12.1 Å². The number of halogens is 3. The molecule has 3 aromatic rings. The number of aromatic nitrogens is 3. The fourth-order valence-corrected chi connectivity index (χ4v) is 2.64. The Kier molecular flexibility index (Phi) is 5.39. The topological polar surface area (TPSA) is 59.0 Å². The summed E-state index contributed by atoms with van der Waals surface area (Å²) in [6.07, 6.45) is 4.33. The van der Waals surface area contributed by atoms with E-state index in [9.17, 15) is 18.0 Å². The Morgan fingerprint density at radius 3 is 2.54 bits per heavy atom. The number of carbonyl (C=O) groups excluding carboxylic acids is 1. The fourth-order valence-electron chi connectivity index (χ4n) is 2.64. The van der Waals surface area contributed by atoms with E-state index in [-0.39, 0.29) is 17.8 Å². The molecular weight excluding hydrogens is 369 g/mol. The molecule has 1 aromatic carbocycles. The van der Waals surface area contributed by atoms with Crippen LogP contribution in [-0.4, -0.2) is 27.8 Å². The molecule has 0 aliphatic heterocycles. The number of hydrogen-bond donors (Lipinski definition) is 0. The first-order chi connectivity index (χ1) is 13.3. The number of carbonyl (C=O) groups is 1. The maximum absolute atomic E-state index is 14.3. The lowest BCUT2D eigenvalue weighted by Gasteiger charge is -2.20. The molecule has 2 aromatic heterocycles. The van der Waals surface area contributed by atoms with Crippen LogP contribution >= 0.6 is 0 Å². The number of nitrogens with zero attached hydrogens (tertiary/aromatic N) is 4. The predicted octanol–water partition coefficient (Wildman–Crippen LogP) is 4.32. The Morgan fingerprint density at radius 1 is 1.14 bits per heavy atom. The van der Waals surface area contributed by atoms with E-state index in [1.165, 1.54) is 55.1 Å². The lowest BCUT2D eigenvalue weighted by atomic mass is 10.0. The zero-order chi connectivity index (χ0) is 20.3. The minimum atomic E-state index is -3.14. The molecule has 144 valence electrons. The van der Waals surface area contributed by atoms with Crippen molar-refractivity contribution in [1.82, 2.24) is 15.0 Å². The van der Waals surface area contributed by atoms with Crippen LogP contribution in [0.4, 0.5) is 24.5 Å². The van der Waals surface area contributed by atoms with Gasteiger partial charge in [-0.2, -0.15) is 8.78 Å². The maximum Gasteiger partial charge on any atom is 0.286 e. The summed E-state index contributed by atoms with van der Waals surface area (Å²) in [5.74, 6) is -4.05. The van der Waals surface area contributed by atoms with Crippen LogP contribution in [-0.2, 0) is 12.3 Å². The molecule has 0 aliphatic carbocycles. The van der Waals surface area contributed by atoms with Crippen molar-refractivity contribution in [3.8, 4) is 0 Å². The fraction of sp³-hybridized carbons (Fsp3) is 0.200. The van der Waals surface area contributed by atoms with Gasteiger partial charge in [-0.05, 0) is 29.8 Å². The number of anilines is 2. The molecule has 0 spiro atoms. The normalized spacial score (nSPS) is 11.3. The summed E-state index contributed by atoms with van der Waals surface area (Å²) in [5.41, 5.74) is 0.809. The van der Waals surface area contributed by atoms with Gasteiger partial charge in [0.05, 0.1) is 23.8 Å². The number of pyridine rings is 1. The van der Waals surface area contributed by atoms with Crippen LogP contribution in [0.25, 0.3) is 0 Å². The minimum absolute atomic E-state index is 0.0605. The third-order valence-corrected chi connectivity index (χ3v) is 4.16. The number of alkyl halides is 2. The highest BCUT2D eigenvalue weighted by Crippen LogP contribution is 2.27. The molecular formula is C20H17F3N4O. The second-order valence-corrected chi connectivity index (χ2v) is 6.34. The number of benzene rings is 1. The molecule has 0 radical (unpaired) electrons. The van der Waals surface area contributed by atoms with E-state index in [4.69, 9.17) is 0 Å². The molecule has 0 N–H and O–H groups in total. The van der Waals surface area contributed by atoms with Crippen LogP contribution in [0.5, 0.6) is 0 Å². The van der Waals surface area contributed by atoms with E-state index in [1.54, 1.807) is 11.9 Å². The first-order valence-electron chi connectivity index (χ1n) is 8.41. The molecule has 0 saturated heterocycles. The van der Waals surface area contributed by atoms with E-state index in [1.807, 2.05) is 0 Å². The van der Waals surface area contributed by atoms with Crippen molar-refractivity contribution in [1.29, 1.82) is 0 Å².